The summed E-state index contributed by atoms with van der Waals surface area (Å²) in [5.74, 6) is -0.418. The fourth-order valence-electron chi connectivity index (χ4n) is 2.18. The lowest BCUT2D eigenvalue weighted by Crippen LogP contribution is -2.20. The number of likely N-dealkylation sites (N-methyl/N-ethyl adjacent to an activating group) is 1. The van der Waals surface area contributed by atoms with Crippen LogP contribution in [0.2, 0.25) is 0 Å². The van der Waals surface area contributed by atoms with Gasteiger partial charge in [0.1, 0.15) is 0 Å². The van der Waals surface area contributed by atoms with Gasteiger partial charge in [-0.05, 0) is 38.1 Å². The van der Waals surface area contributed by atoms with E-state index in [-0.39, 0.29) is 6.61 Å². The fourth-order valence-corrected chi connectivity index (χ4v) is 2.99. The molecule has 1 unspecified atom stereocenters. The summed E-state index contributed by atoms with van der Waals surface area (Å²) in [6.45, 7) is 2.08. The van der Waals surface area contributed by atoms with Crippen molar-refractivity contribution in [3.8, 4) is 0 Å². The van der Waals surface area contributed by atoms with Crippen LogP contribution >= 0.6 is 7.75 Å². The van der Waals surface area contributed by atoms with E-state index in [1.54, 1.807) is 12.1 Å². The van der Waals surface area contributed by atoms with Gasteiger partial charge >= 0.3 is 7.75 Å². The standard InChI is InChI=1S/C19H23N2O4P/c1-16-8-10-18(11-9-16)19(22)20-13-15-25-26(23,24)21(2)14-12-17-6-4-3-5-7-17/h3-11,13H,12,14-15H2,1-2H3,(H,23,24). The summed E-state index contributed by atoms with van der Waals surface area (Å²) in [5.41, 5.74) is 2.58. The summed E-state index contributed by atoms with van der Waals surface area (Å²) < 4.78 is 18.5. The van der Waals surface area contributed by atoms with Crippen LogP contribution in [-0.4, -0.2) is 41.9 Å². The van der Waals surface area contributed by atoms with Crippen molar-refractivity contribution in [1.82, 2.24) is 4.67 Å². The van der Waals surface area contributed by atoms with Gasteiger partial charge in [-0.1, -0.05) is 48.0 Å². The van der Waals surface area contributed by atoms with Gasteiger partial charge in [-0.15, -0.1) is 0 Å². The molecule has 2 aromatic rings. The van der Waals surface area contributed by atoms with Crippen molar-refractivity contribution in [3.05, 3.63) is 71.3 Å². The van der Waals surface area contributed by atoms with E-state index in [9.17, 15) is 14.3 Å². The molecule has 6 nitrogen and oxygen atoms in total. The molecule has 1 N–H and O–H groups in total. The predicted molar refractivity (Wildman–Crippen MR) is 103 cm³/mol. The van der Waals surface area contributed by atoms with E-state index in [0.717, 1.165) is 11.1 Å². The molecule has 0 aliphatic rings. The highest BCUT2D eigenvalue weighted by molar-refractivity contribution is 7.50. The Balaban J connectivity index is 1.80. The number of nitrogens with zero attached hydrogens (tertiary/aromatic N) is 2. The van der Waals surface area contributed by atoms with Crippen LogP contribution in [0.15, 0.2) is 59.6 Å². The molecule has 0 spiro atoms. The molecular weight excluding hydrogens is 351 g/mol. The quantitative estimate of drug-likeness (QED) is 0.565. The van der Waals surface area contributed by atoms with Crippen LogP contribution in [0.5, 0.6) is 0 Å². The maximum absolute atomic E-state index is 12.2. The Kier molecular flexibility index (Phi) is 7.42. The second-order valence-corrected chi connectivity index (χ2v) is 7.81. The monoisotopic (exact) mass is 374 g/mol. The fraction of sp³-hybridized carbons (Fsp3) is 0.263. The number of aliphatic imine (C=N–C) groups is 1. The molecule has 1 atom stereocenters. The third kappa shape index (κ3) is 6.32. The minimum absolute atomic E-state index is 0.221. The zero-order chi connectivity index (χ0) is 19.0. The Bertz CT molecular complexity index is 791. The molecule has 138 valence electrons. The van der Waals surface area contributed by atoms with Crippen molar-refractivity contribution in [1.29, 1.82) is 0 Å². The van der Waals surface area contributed by atoms with E-state index >= 15 is 0 Å². The smallest absolute Gasteiger partial charge is 0.312 e. The van der Waals surface area contributed by atoms with Gasteiger partial charge in [-0.2, -0.15) is 0 Å². The van der Waals surface area contributed by atoms with Crippen molar-refractivity contribution < 1.29 is 18.8 Å². The number of carbonyl (C=O) groups excluding carboxylic acids is 1. The van der Waals surface area contributed by atoms with Gasteiger partial charge in [-0.3, -0.25) is 9.32 Å². The molecule has 0 fully saturated rings. The number of hydrogen-bond acceptors (Lipinski definition) is 3. The predicted octanol–water partition coefficient (Wildman–Crippen LogP) is 3.50. The third-order valence-electron chi connectivity index (χ3n) is 3.82. The number of amides is 1. The zero-order valence-electron chi connectivity index (χ0n) is 14.9. The second kappa shape index (κ2) is 9.55. The summed E-state index contributed by atoms with van der Waals surface area (Å²) >= 11 is 0. The lowest BCUT2D eigenvalue weighted by Gasteiger charge is -2.21. The minimum Gasteiger partial charge on any atom is -0.312 e. The molecule has 0 aromatic heterocycles. The van der Waals surface area contributed by atoms with Gasteiger partial charge in [0.2, 0.25) is 0 Å². The molecule has 7 heteroatoms. The molecule has 26 heavy (non-hydrogen) atoms. The SMILES string of the molecule is Cc1ccc(C(=O)N=CCOP(=O)(O)N(C)CCc2ccccc2)cc1. The van der Waals surface area contributed by atoms with E-state index < -0.39 is 13.7 Å². The Labute approximate surface area is 153 Å². The number of benzene rings is 2. The van der Waals surface area contributed by atoms with E-state index in [1.807, 2.05) is 49.4 Å². The first-order valence-corrected chi connectivity index (χ1v) is 9.78. The van der Waals surface area contributed by atoms with E-state index in [2.05, 4.69) is 4.99 Å². The molecule has 0 aliphatic carbocycles. The van der Waals surface area contributed by atoms with Crippen molar-refractivity contribution >= 4 is 19.9 Å². The van der Waals surface area contributed by atoms with Crippen LogP contribution in [-0.2, 0) is 15.5 Å². The van der Waals surface area contributed by atoms with Gasteiger partial charge in [0.15, 0.2) is 0 Å². The van der Waals surface area contributed by atoms with Crippen LogP contribution in [0.4, 0.5) is 0 Å². The summed E-state index contributed by atoms with van der Waals surface area (Å²) in [4.78, 5) is 25.6. The molecule has 0 radical (unpaired) electrons. The Morgan fingerprint density at radius 2 is 1.85 bits per heavy atom. The first-order valence-electron chi connectivity index (χ1n) is 8.25. The molecule has 0 saturated heterocycles. The average Bonchev–Trinajstić information content (AvgIpc) is 2.64. The number of rotatable bonds is 8. The number of hydrogen-bond donors (Lipinski definition) is 1. The van der Waals surface area contributed by atoms with E-state index in [4.69, 9.17) is 4.52 Å². The highest BCUT2D eigenvalue weighted by atomic mass is 31.2. The summed E-state index contributed by atoms with van der Waals surface area (Å²) in [6, 6.07) is 16.7. The van der Waals surface area contributed by atoms with Crippen molar-refractivity contribution in [2.75, 3.05) is 20.2 Å². The van der Waals surface area contributed by atoms with Gasteiger partial charge in [0, 0.05) is 18.3 Å². The third-order valence-corrected chi connectivity index (χ3v) is 5.37. The molecular formula is C19H23N2O4P. The van der Waals surface area contributed by atoms with Gasteiger partial charge in [-0.25, -0.2) is 14.2 Å². The van der Waals surface area contributed by atoms with Crippen LogP contribution < -0.4 is 0 Å². The highest BCUT2D eigenvalue weighted by Crippen LogP contribution is 2.44. The highest BCUT2D eigenvalue weighted by Gasteiger charge is 2.25. The van der Waals surface area contributed by atoms with Gasteiger partial charge < -0.3 is 4.89 Å². The van der Waals surface area contributed by atoms with Crippen LogP contribution in [0.25, 0.3) is 0 Å². The molecule has 2 rings (SSSR count). The molecule has 0 aliphatic heterocycles. The Morgan fingerprint density at radius 1 is 1.19 bits per heavy atom. The largest absolute Gasteiger partial charge is 0.405 e. The topological polar surface area (TPSA) is 79.2 Å². The lowest BCUT2D eigenvalue weighted by molar-refractivity contribution is 0.100. The molecule has 0 saturated carbocycles. The van der Waals surface area contributed by atoms with E-state index in [0.29, 0.717) is 18.5 Å². The number of aryl methyl sites for hydroxylation is 1. The van der Waals surface area contributed by atoms with Crippen molar-refractivity contribution in [2.24, 2.45) is 4.99 Å². The maximum Gasteiger partial charge on any atom is 0.405 e. The Morgan fingerprint density at radius 3 is 2.50 bits per heavy atom. The van der Waals surface area contributed by atoms with Crippen LogP contribution in [0.1, 0.15) is 21.5 Å². The van der Waals surface area contributed by atoms with Crippen LogP contribution in [0, 0.1) is 6.92 Å². The first kappa shape index (κ1) is 20.2. The Hall–Kier alpha value is -2.11. The summed E-state index contributed by atoms with van der Waals surface area (Å²) in [7, 11) is -2.40. The lowest BCUT2D eigenvalue weighted by atomic mass is 10.1. The summed E-state index contributed by atoms with van der Waals surface area (Å²) in [5, 5.41) is 0. The normalized spacial score (nSPS) is 13.8. The zero-order valence-corrected chi connectivity index (χ0v) is 15.8. The minimum atomic E-state index is -3.93. The van der Waals surface area contributed by atoms with Crippen LogP contribution in [0.3, 0.4) is 0 Å². The van der Waals surface area contributed by atoms with E-state index in [1.165, 1.54) is 17.9 Å². The maximum atomic E-state index is 12.2. The first-order chi connectivity index (χ1) is 12.4. The van der Waals surface area contributed by atoms with Gasteiger partial charge in [0.25, 0.3) is 5.91 Å². The molecule has 1 amide bonds. The summed E-state index contributed by atoms with van der Waals surface area (Å²) in [6.07, 6.45) is 1.83. The molecule has 0 heterocycles. The average molecular weight is 374 g/mol. The number of carbonyl (C=O) groups is 1. The second-order valence-electron chi connectivity index (χ2n) is 5.89. The van der Waals surface area contributed by atoms with Crippen molar-refractivity contribution in [3.63, 3.8) is 0 Å². The van der Waals surface area contributed by atoms with Gasteiger partial charge in [0.05, 0.1) is 6.61 Å². The van der Waals surface area contributed by atoms with Crippen molar-refractivity contribution in [2.45, 2.75) is 13.3 Å². The molecule has 0 bridgehead atoms. The molecule has 2 aromatic carbocycles.